The summed E-state index contributed by atoms with van der Waals surface area (Å²) in [7, 11) is 1.90. The number of aryl methyl sites for hydroxylation is 1. The van der Waals surface area contributed by atoms with Gasteiger partial charge in [-0.3, -0.25) is 0 Å². The monoisotopic (exact) mass is 417 g/mol. The van der Waals surface area contributed by atoms with Crippen molar-refractivity contribution in [2.45, 2.75) is 0 Å². The van der Waals surface area contributed by atoms with Crippen LogP contribution in [0.1, 0.15) is 0 Å². The van der Waals surface area contributed by atoms with Crippen LogP contribution in [-0.4, -0.2) is 4.57 Å². The zero-order chi connectivity index (χ0) is 14.7. The van der Waals surface area contributed by atoms with Gasteiger partial charge in [0.2, 0.25) is 0 Å². The van der Waals surface area contributed by atoms with Crippen LogP contribution >= 0.6 is 43.5 Å². The van der Waals surface area contributed by atoms with Gasteiger partial charge in [-0.05, 0) is 58.4 Å². The Balaban J connectivity index is 0.000000160. The van der Waals surface area contributed by atoms with Gasteiger partial charge in [-0.2, -0.15) is 0 Å². The maximum atomic E-state index is 13.0. The molecule has 104 valence electrons. The molecule has 5 heteroatoms. The Morgan fingerprint density at radius 2 is 1.70 bits per heavy atom. The van der Waals surface area contributed by atoms with Crippen molar-refractivity contribution >= 4 is 54.4 Å². The van der Waals surface area contributed by atoms with Crippen LogP contribution < -0.4 is 0 Å². The first-order valence-corrected chi connectivity index (χ1v) is 7.75. The van der Waals surface area contributed by atoms with Gasteiger partial charge in [-0.15, -0.1) is 0 Å². The quantitative estimate of drug-likeness (QED) is 0.410. The summed E-state index contributed by atoms with van der Waals surface area (Å²) in [5.41, 5.74) is 0.913. The first kappa shape index (κ1) is 15.5. The molecule has 0 amide bonds. The summed E-state index contributed by atoms with van der Waals surface area (Å²) in [5, 5.41) is 1.82. The summed E-state index contributed by atoms with van der Waals surface area (Å²) in [6, 6.07) is 12.8. The smallest absolute Gasteiger partial charge is 0.139 e. The molecule has 0 aliphatic carbocycles. The number of aromatic nitrogens is 1. The highest BCUT2D eigenvalue weighted by Gasteiger charge is 2.03. The number of rotatable bonds is 0. The normalized spacial score (nSPS) is 10.2. The maximum absolute atomic E-state index is 13.0. The second-order valence-electron chi connectivity index (χ2n) is 4.19. The molecule has 0 aliphatic rings. The Kier molecular flexibility index (Phi) is 5.24. The minimum atomic E-state index is -0.218. The van der Waals surface area contributed by atoms with Crippen molar-refractivity contribution in [3.63, 3.8) is 0 Å². The van der Waals surface area contributed by atoms with E-state index < -0.39 is 0 Å². The third kappa shape index (κ3) is 3.84. The van der Waals surface area contributed by atoms with Crippen molar-refractivity contribution in [3.05, 3.63) is 68.4 Å². The second kappa shape index (κ2) is 6.74. The Morgan fingerprint density at radius 1 is 1.05 bits per heavy atom. The summed E-state index contributed by atoms with van der Waals surface area (Å²) in [5.74, 6) is -0.218. The molecule has 0 fully saturated rings. The summed E-state index contributed by atoms with van der Waals surface area (Å²) >= 11 is 12.0. The van der Waals surface area contributed by atoms with Crippen molar-refractivity contribution in [3.8, 4) is 0 Å². The van der Waals surface area contributed by atoms with Crippen LogP contribution in [0.5, 0.6) is 0 Å². The van der Waals surface area contributed by atoms with Gasteiger partial charge in [0.25, 0.3) is 0 Å². The van der Waals surface area contributed by atoms with E-state index in [1.807, 2.05) is 48.1 Å². The predicted octanol–water partition coefficient (Wildman–Crippen LogP) is 6.18. The van der Waals surface area contributed by atoms with E-state index in [9.17, 15) is 4.39 Å². The zero-order valence-corrected chi connectivity index (χ0v) is 14.5. The van der Waals surface area contributed by atoms with E-state index in [2.05, 4.69) is 31.9 Å². The third-order valence-electron chi connectivity index (χ3n) is 2.73. The first-order valence-electron chi connectivity index (χ1n) is 5.78. The number of halogens is 4. The van der Waals surface area contributed by atoms with E-state index >= 15 is 0 Å². The second-order valence-corrected chi connectivity index (χ2v) is 6.39. The van der Waals surface area contributed by atoms with Gasteiger partial charge in [0.05, 0.1) is 9.99 Å². The molecule has 0 unspecified atom stereocenters. The lowest BCUT2D eigenvalue weighted by molar-refractivity contribution is 0.622. The summed E-state index contributed by atoms with van der Waals surface area (Å²) in [6.07, 6.45) is 1.91. The third-order valence-corrected chi connectivity index (χ3v) is 4.12. The number of hydrogen-bond donors (Lipinski definition) is 0. The molecule has 3 aromatic rings. The molecule has 0 bridgehead atoms. The average Bonchev–Trinajstić information content (AvgIpc) is 2.76. The number of fused-ring (bicyclic) bond motifs is 1. The van der Waals surface area contributed by atoms with Crippen LogP contribution in [0.25, 0.3) is 10.9 Å². The molecule has 0 aliphatic heterocycles. The van der Waals surface area contributed by atoms with Crippen LogP contribution in [-0.2, 0) is 7.05 Å². The maximum Gasteiger partial charge on any atom is 0.139 e. The Hall–Kier alpha value is -0.840. The molecule has 1 nitrogen and oxygen atoms in total. The molecular weight excluding hydrogens is 408 g/mol. The van der Waals surface area contributed by atoms with Crippen molar-refractivity contribution < 1.29 is 4.39 Å². The van der Waals surface area contributed by atoms with Gasteiger partial charge in [0.1, 0.15) is 5.82 Å². The Morgan fingerprint density at radius 3 is 2.30 bits per heavy atom. The fraction of sp³-hybridized carbons (Fsp3) is 0.0667. The standard InChI is InChI=1S/C9H7BrFN.C6H4BrCl/c1-12-3-2-6-4-7(10)8(11)5-9(6)12;7-5-1-3-6(8)4-2-5/h2-5H,1H3;1-4H. The molecule has 20 heavy (non-hydrogen) atoms. The molecule has 2 aromatic carbocycles. The van der Waals surface area contributed by atoms with Crippen molar-refractivity contribution in [1.29, 1.82) is 0 Å². The van der Waals surface area contributed by atoms with Gasteiger partial charge in [0.15, 0.2) is 0 Å². The molecule has 0 spiro atoms. The summed E-state index contributed by atoms with van der Waals surface area (Å²) < 4.78 is 16.5. The molecule has 0 atom stereocenters. The van der Waals surface area contributed by atoms with Crippen molar-refractivity contribution in [2.24, 2.45) is 7.05 Å². The zero-order valence-electron chi connectivity index (χ0n) is 10.6. The van der Waals surface area contributed by atoms with E-state index in [1.165, 1.54) is 6.07 Å². The first-order chi connectivity index (χ1) is 9.47. The van der Waals surface area contributed by atoms with Crippen LogP contribution in [0.3, 0.4) is 0 Å². The SMILES string of the molecule is Clc1ccc(Br)cc1.Cn1ccc2cc(Br)c(F)cc21. The van der Waals surface area contributed by atoms with Gasteiger partial charge < -0.3 is 4.57 Å². The number of nitrogens with zero attached hydrogens (tertiary/aromatic N) is 1. The van der Waals surface area contributed by atoms with Gasteiger partial charge in [0, 0.05) is 28.1 Å². The van der Waals surface area contributed by atoms with Gasteiger partial charge in [-0.1, -0.05) is 27.5 Å². The molecule has 0 N–H and O–H groups in total. The Labute approximate surface area is 138 Å². The lowest BCUT2D eigenvalue weighted by atomic mass is 10.2. The predicted molar refractivity (Wildman–Crippen MR) is 89.7 cm³/mol. The Bertz CT molecular complexity index is 702. The molecule has 0 saturated heterocycles. The minimum absolute atomic E-state index is 0.218. The summed E-state index contributed by atoms with van der Waals surface area (Å²) in [6.45, 7) is 0. The highest BCUT2D eigenvalue weighted by Crippen LogP contribution is 2.23. The van der Waals surface area contributed by atoms with Crippen LogP contribution in [0, 0.1) is 5.82 Å². The molecule has 0 radical (unpaired) electrons. The topological polar surface area (TPSA) is 4.93 Å². The van der Waals surface area contributed by atoms with E-state index in [1.54, 1.807) is 6.07 Å². The van der Waals surface area contributed by atoms with Gasteiger partial charge >= 0.3 is 0 Å². The highest BCUT2D eigenvalue weighted by molar-refractivity contribution is 9.10. The molecule has 1 heterocycles. The molecule has 0 saturated carbocycles. The minimum Gasteiger partial charge on any atom is -0.350 e. The average molecular weight is 420 g/mol. The number of benzene rings is 2. The van der Waals surface area contributed by atoms with E-state index in [0.29, 0.717) is 4.47 Å². The summed E-state index contributed by atoms with van der Waals surface area (Å²) in [4.78, 5) is 0. The van der Waals surface area contributed by atoms with Crippen LogP contribution in [0.2, 0.25) is 5.02 Å². The lowest BCUT2D eigenvalue weighted by Gasteiger charge is -1.97. The van der Waals surface area contributed by atoms with E-state index in [0.717, 1.165) is 20.4 Å². The fourth-order valence-electron chi connectivity index (χ4n) is 1.69. The molecule has 1 aromatic heterocycles. The van der Waals surface area contributed by atoms with Gasteiger partial charge in [-0.25, -0.2) is 4.39 Å². The van der Waals surface area contributed by atoms with Crippen LogP contribution in [0.4, 0.5) is 4.39 Å². The molecule has 3 rings (SSSR count). The van der Waals surface area contributed by atoms with Crippen molar-refractivity contribution in [1.82, 2.24) is 4.57 Å². The van der Waals surface area contributed by atoms with E-state index in [-0.39, 0.29) is 5.82 Å². The van der Waals surface area contributed by atoms with Crippen molar-refractivity contribution in [2.75, 3.05) is 0 Å². The van der Waals surface area contributed by atoms with Crippen LogP contribution in [0.15, 0.2) is 57.6 Å². The molecular formula is C15H11Br2ClFN. The number of hydrogen-bond acceptors (Lipinski definition) is 0. The largest absolute Gasteiger partial charge is 0.350 e. The highest BCUT2D eigenvalue weighted by atomic mass is 79.9. The fourth-order valence-corrected chi connectivity index (χ4v) is 2.44. The lowest BCUT2D eigenvalue weighted by Crippen LogP contribution is -1.85. The van der Waals surface area contributed by atoms with E-state index in [4.69, 9.17) is 11.6 Å².